The Bertz CT molecular complexity index is 611. The van der Waals surface area contributed by atoms with E-state index < -0.39 is 5.97 Å². The van der Waals surface area contributed by atoms with Crippen molar-refractivity contribution in [3.8, 4) is 5.75 Å². The lowest BCUT2D eigenvalue weighted by atomic mass is 9.86. The second-order valence-electron chi connectivity index (χ2n) is 6.47. The predicted octanol–water partition coefficient (Wildman–Crippen LogP) is 2.51. The molecule has 1 amide bonds. The van der Waals surface area contributed by atoms with Gasteiger partial charge in [0.1, 0.15) is 5.75 Å². The molecule has 6 nitrogen and oxygen atoms in total. The largest absolute Gasteiger partial charge is 0.482 e. The molecule has 1 aromatic rings. The molecular weight excluding hydrogens is 322 g/mol. The highest BCUT2D eigenvalue weighted by Crippen LogP contribution is 2.23. The van der Waals surface area contributed by atoms with Gasteiger partial charge in [0.25, 0.3) is 5.91 Å². The quantitative estimate of drug-likeness (QED) is 0.605. The van der Waals surface area contributed by atoms with Crippen LogP contribution in [-0.2, 0) is 14.3 Å². The van der Waals surface area contributed by atoms with Crippen molar-refractivity contribution in [3.05, 3.63) is 29.8 Å². The zero-order valence-electron chi connectivity index (χ0n) is 14.7. The number of ketones is 1. The minimum Gasteiger partial charge on any atom is -0.482 e. The van der Waals surface area contributed by atoms with Crippen LogP contribution in [0.2, 0.25) is 0 Å². The summed E-state index contributed by atoms with van der Waals surface area (Å²) in [7, 11) is 0. The van der Waals surface area contributed by atoms with Crippen LogP contribution < -0.4 is 10.1 Å². The SMILES string of the molecule is CC(=O)c1ccc(OCC(=O)OCC(=O)N[C@H]2CCCC[C@@H]2C)cc1. The fourth-order valence-electron chi connectivity index (χ4n) is 2.89. The topological polar surface area (TPSA) is 81.7 Å². The van der Waals surface area contributed by atoms with E-state index in [1.54, 1.807) is 24.3 Å². The summed E-state index contributed by atoms with van der Waals surface area (Å²) in [6.07, 6.45) is 4.40. The molecule has 2 atom stereocenters. The third-order valence-electron chi connectivity index (χ3n) is 4.44. The summed E-state index contributed by atoms with van der Waals surface area (Å²) in [5.41, 5.74) is 0.573. The zero-order chi connectivity index (χ0) is 18.2. The van der Waals surface area contributed by atoms with E-state index in [2.05, 4.69) is 12.2 Å². The summed E-state index contributed by atoms with van der Waals surface area (Å²) in [5.74, 6) is -0.0122. The molecule has 2 rings (SSSR count). The van der Waals surface area contributed by atoms with E-state index in [-0.39, 0.29) is 30.9 Å². The Morgan fingerprint density at radius 1 is 1.08 bits per heavy atom. The maximum absolute atomic E-state index is 11.9. The molecule has 0 bridgehead atoms. The third kappa shape index (κ3) is 6.21. The zero-order valence-corrected chi connectivity index (χ0v) is 14.7. The van der Waals surface area contributed by atoms with Gasteiger partial charge in [-0.15, -0.1) is 0 Å². The number of hydrogen-bond donors (Lipinski definition) is 1. The molecule has 1 saturated carbocycles. The fraction of sp³-hybridized carbons (Fsp3) is 0.526. The second-order valence-corrected chi connectivity index (χ2v) is 6.47. The third-order valence-corrected chi connectivity index (χ3v) is 4.44. The van der Waals surface area contributed by atoms with Crippen molar-refractivity contribution in [1.82, 2.24) is 5.32 Å². The van der Waals surface area contributed by atoms with Crippen LogP contribution in [0.15, 0.2) is 24.3 Å². The molecule has 136 valence electrons. The summed E-state index contributed by atoms with van der Waals surface area (Å²) >= 11 is 0. The van der Waals surface area contributed by atoms with Crippen molar-refractivity contribution in [2.24, 2.45) is 5.92 Å². The Labute approximate surface area is 147 Å². The highest BCUT2D eigenvalue weighted by Gasteiger charge is 2.23. The highest BCUT2D eigenvalue weighted by atomic mass is 16.6. The lowest BCUT2D eigenvalue weighted by Crippen LogP contribution is -2.43. The normalized spacial score (nSPS) is 19.8. The maximum atomic E-state index is 11.9. The van der Waals surface area contributed by atoms with Crippen LogP contribution in [0.1, 0.15) is 49.9 Å². The van der Waals surface area contributed by atoms with E-state index in [9.17, 15) is 14.4 Å². The van der Waals surface area contributed by atoms with Gasteiger partial charge in [-0.2, -0.15) is 0 Å². The predicted molar refractivity (Wildman–Crippen MR) is 92.5 cm³/mol. The van der Waals surface area contributed by atoms with Gasteiger partial charge in [-0.25, -0.2) is 4.79 Å². The number of carbonyl (C=O) groups excluding carboxylic acids is 3. The van der Waals surface area contributed by atoms with Crippen LogP contribution >= 0.6 is 0 Å². The van der Waals surface area contributed by atoms with Gasteiger partial charge < -0.3 is 14.8 Å². The molecule has 1 aliphatic rings. The number of nitrogens with one attached hydrogen (secondary N) is 1. The molecule has 0 aromatic heterocycles. The van der Waals surface area contributed by atoms with Gasteiger partial charge in [-0.1, -0.05) is 19.8 Å². The van der Waals surface area contributed by atoms with Gasteiger partial charge in [0.15, 0.2) is 19.0 Å². The monoisotopic (exact) mass is 347 g/mol. The smallest absolute Gasteiger partial charge is 0.344 e. The van der Waals surface area contributed by atoms with Crippen molar-refractivity contribution in [2.45, 2.75) is 45.6 Å². The Morgan fingerprint density at radius 3 is 2.40 bits per heavy atom. The molecule has 0 heterocycles. The van der Waals surface area contributed by atoms with Crippen LogP contribution in [0.5, 0.6) is 5.75 Å². The van der Waals surface area contributed by atoms with Gasteiger partial charge in [-0.3, -0.25) is 9.59 Å². The molecular formula is C19H25NO5. The van der Waals surface area contributed by atoms with Crippen molar-refractivity contribution in [2.75, 3.05) is 13.2 Å². The first kappa shape index (κ1) is 19.0. The minimum atomic E-state index is -0.609. The summed E-state index contributed by atoms with van der Waals surface area (Å²) in [4.78, 5) is 34.7. The lowest BCUT2D eigenvalue weighted by molar-refractivity contribution is -0.150. The van der Waals surface area contributed by atoms with Crippen molar-refractivity contribution in [3.63, 3.8) is 0 Å². The fourth-order valence-corrected chi connectivity index (χ4v) is 2.89. The molecule has 1 aromatic carbocycles. The molecule has 1 N–H and O–H groups in total. The number of rotatable bonds is 7. The number of benzene rings is 1. The molecule has 6 heteroatoms. The number of hydrogen-bond acceptors (Lipinski definition) is 5. The lowest BCUT2D eigenvalue weighted by Gasteiger charge is -2.29. The molecule has 1 aliphatic carbocycles. The van der Waals surface area contributed by atoms with Crippen molar-refractivity contribution >= 4 is 17.7 Å². The molecule has 0 radical (unpaired) electrons. The number of Topliss-reactive ketones (excluding diaryl/α,β-unsaturated/α-hetero) is 1. The van der Waals surface area contributed by atoms with E-state index in [1.807, 2.05) is 0 Å². The van der Waals surface area contributed by atoms with Gasteiger partial charge in [0.05, 0.1) is 0 Å². The van der Waals surface area contributed by atoms with Gasteiger partial charge in [0, 0.05) is 11.6 Å². The number of carbonyl (C=O) groups is 3. The van der Waals surface area contributed by atoms with E-state index in [0.29, 0.717) is 17.2 Å². The van der Waals surface area contributed by atoms with E-state index in [0.717, 1.165) is 19.3 Å². The Morgan fingerprint density at radius 2 is 1.76 bits per heavy atom. The number of amides is 1. The number of ether oxygens (including phenoxy) is 2. The van der Waals surface area contributed by atoms with Gasteiger partial charge in [-0.05, 0) is 49.9 Å². The summed E-state index contributed by atoms with van der Waals surface area (Å²) in [5, 5.41) is 2.93. The first-order valence-electron chi connectivity index (χ1n) is 8.64. The standard InChI is InChI=1S/C19H25NO5/c1-13-5-3-4-6-17(13)20-18(22)11-25-19(23)12-24-16-9-7-15(8-10-16)14(2)21/h7-10,13,17H,3-6,11-12H2,1-2H3,(H,20,22)/t13-,17-/m0/s1. The summed E-state index contributed by atoms with van der Waals surface area (Å²) in [6, 6.07) is 6.64. The van der Waals surface area contributed by atoms with E-state index >= 15 is 0 Å². The first-order valence-corrected chi connectivity index (χ1v) is 8.64. The second kappa shape index (κ2) is 9.20. The summed E-state index contributed by atoms with van der Waals surface area (Å²) < 4.78 is 10.2. The highest BCUT2D eigenvalue weighted by molar-refractivity contribution is 5.94. The van der Waals surface area contributed by atoms with Crippen LogP contribution in [0.4, 0.5) is 0 Å². The van der Waals surface area contributed by atoms with E-state index in [4.69, 9.17) is 9.47 Å². The van der Waals surface area contributed by atoms with Crippen LogP contribution in [-0.4, -0.2) is 36.9 Å². The van der Waals surface area contributed by atoms with Crippen LogP contribution in [0.3, 0.4) is 0 Å². The van der Waals surface area contributed by atoms with Crippen LogP contribution in [0, 0.1) is 5.92 Å². The van der Waals surface area contributed by atoms with Gasteiger partial charge >= 0.3 is 5.97 Å². The Balaban J connectivity index is 1.67. The van der Waals surface area contributed by atoms with Crippen molar-refractivity contribution < 1.29 is 23.9 Å². The molecule has 0 saturated heterocycles. The average Bonchev–Trinajstić information content (AvgIpc) is 2.60. The molecule has 0 unspecified atom stereocenters. The Hall–Kier alpha value is -2.37. The first-order chi connectivity index (χ1) is 12.0. The molecule has 0 spiro atoms. The molecule has 25 heavy (non-hydrogen) atoms. The molecule has 0 aliphatic heterocycles. The number of esters is 1. The molecule has 1 fully saturated rings. The Kier molecular flexibility index (Phi) is 6.98. The maximum Gasteiger partial charge on any atom is 0.344 e. The minimum absolute atomic E-state index is 0.0377. The average molecular weight is 347 g/mol. The van der Waals surface area contributed by atoms with E-state index in [1.165, 1.54) is 13.3 Å². The van der Waals surface area contributed by atoms with Crippen molar-refractivity contribution in [1.29, 1.82) is 0 Å². The van der Waals surface area contributed by atoms with Gasteiger partial charge in [0.2, 0.25) is 0 Å². The summed E-state index contributed by atoms with van der Waals surface area (Å²) in [6.45, 7) is 3.02. The van der Waals surface area contributed by atoms with Crippen LogP contribution in [0.25, 0.3) is 0 Å².